The van der Waals surface area contributed by atoms with Crippen LogP contribution in [0.3, 0.4) is 0 Å². The number of carbonyl (C=O) groups excluding carboxylic acids is 1. The molecular formula is C39H63N3O4. The second-order valence-electron chi connectivity index (χ2n) is 9.64. The number of allylic oxidation sites excluding steroid dienone is 8. The van der Waals surface area contributed by atoms with Crippen LogP contribution in [0.4, 0.5) is 11.5 Å². The Labute approximate surface area is 281 Å². The second kappa shape index (κ2) is 33.9. The molecule has 0 saturated carbocycles. The summed E-state index contributed by atoms with van der Waals surface area (Å²) in [5, 5.41) is 19.3. The van der Waals surface area contributed by atoms with Gasteiger partial charge in [-0.3, -0.25) is 4.79 Å². The first-order valence-corrected chi connectivity index (χ1v) is 16.1. The summed E-state index contributed by atoms with van der Waals surface area (Å²) in [7, 11) is 1.00. The van der Waals surface area contributed by atoms with Crippen LogP contribution >= 0.6 is 0 Å². The maximum atomic E-state index is 12.3. The van der Waals surface area contributed by atoms with Crippen LogP contribution in [0.5, 0.6) is 0 Å². The maximum absolute atomic E-state index is 12.3. The third kappa shape index (κ3) is 21.7. The fourth-order valence-electron chi connectivity index (χ4n) is 4.32. The number of carbonyl (C=O) groups is 1. The van der Waals surface area contributed by atoms with E-state index in [4.69, 9.17) is 9.84 Å². The standard InChI is InChI=1S/C32H47N3O3.3C2H4.CH4O/c1-5-12-27(13-6-2)14-10-9-11-15-32(37)34-29-16-17-31(33-23-29)35-20-18-28(19-21-35)25-38-30(8-4)22-26(7-3)24-36;4*1-2/h5,7,9-10,12,14,16-17,22-23,28,36H,6,8,11,13,15,18-21,24-25H2,1-4H3,(H,34,37);3*1-2H2;2H,1H3/b10-9-,12-5-,26-7+,27-14-,30-22+;;;;. The Kier molecular flexibility index (Phi) is 34.3. The molecule has 2 heterocycles. The minimum absolute atomic E-state index is 0.00253. The van der Waals surface area contributed by atoms with Crippen molar-refractivity contribution in [3.63, 3.8) is 0 Å². The number of ether oxygens (including phenoxy) is 1. The van der Waals surface area contributed by atoms with Gasteiger partial charge in [-0.2, -0.15) is 0 Å². The lowest BCUT2D eigenvalue weighted by molar-refractivity contribution is -0.116. The zero-order chi connectivity index (χ0) is 35.6. The molecule has 1 amide bonds. The molecule has 1 saturated heterocycles. The molecule has 1 aliphatic rings. The Bertz CT molecular complexity index is 1030. The number of anilines is 2. The first kappa shape index (κ1) is 46.5. The van der Waals surface area contributed by atoms with E-state index in [0.29, 0.717) is 25.4 Å². The molecule has 1 aliphatic heterocycles. The van der Waals surface area contributed by atoms with Crippen LogP contribution in [-0.2, 0) is 9.53 Å². The average Bonchev–Trinajstić information content (AvgIpc) is 3.12. The molecule has 1 aromatic rings. The lowest BCUT2D eigenvalue weighted by atomic mass is 9.98. The average molecular weight is 638 g/mol. The van der Waals surface area contributed by atoms with Gasteiger partial charge in [0.1, 0.15) is 5.82 Å². The van der Waals surface area contributed by atoms with Gasteiger partial charge in [0.15, 0.2) is 0 Å². The Morgan fingerprint density at radius 2 is 1.70 bits per heavy atom. The van der Waals surface area contributed by atoms with Crippen LogP contribution in [0.2, 0.25) is 0 Å². The number of amides is 1. The normalized spacial score (nSPS) is 13.6. The van der Waals surface area contributed by atoms with Gasteiger partial charge in [-0.1, -0.05) is 56.7 Å². The molecule has 0 aromatic carbocycles. The fourth-order valence-corrected chi connectivity index (χ4v) is 4.32. The number of nitrogens with zero attached hydrogens (tertiary/aromatic N) is 2. The highest BCUT2D eigenvalue weighted by Crippen LogP contribution is 2.24. The van der Waals surface area contributed by atoms with E-state index in [1.807, 2.05) is 50.3 Å². The van der Waals surface area contributed by atoms with Crippen molar-refractivity contribution in [1.29, 1.82) is 0 Å². The highest BCUT2D eigenvalue weighted by Gasteiger charge is 2.21. The predicted octanol–water partition coefficient (Wildman–Crippen LogP) is 9.14. The van der Waals surface area contributed by atoms with Crippen molar-refractivity contribution in [1.82, 2.24) is 4.98 Å². The Balaban J connectivity index is -0.00000214. The van der Waals surface area contributed by atoms with E-state index in [1.54, 1.807) is 6.20 Å². The highest BCUT2D eigenvalue weighted by atomic mass is 16.5. The Hall–Kier alpha value is -3.94. The molecule has 46 heavy (non-hydrogen) atoms. The van der Waals surface area contributed by atoms with E-state index in [1.165, 1.54) is 5.57 Å². The number of aliphatic hydroxyl groups is 2. The third-order valence-corrected chi connectivity index (χ3v) is 6.63. The molecule has 7 nitrogen and oxygen atoms in total. The summed E-state index contributed by atoms with van der Waals surface area (Å²) in [6.45, 7) is 28.8. The molecule has 0 spiro atoms. The summed E-state index contributed by atoms with van der Waals surface area (Å²) < 4.78 is 6.06. The number of piperidine rings is 1. The largest absolute Gasteiger partial charge is 0.498 e. The topological polar surface area (TPSA) is 94.9 Å². The molecule has 0 unspecified atom stereocenters. The Morgan fingerprint density at radius 1 is 1.04 bits per heavy atom. The lowest BCUT2D eigenvalue weighted by Crippen LogP contribution is -2.35. The third-order valence-electron chi connectivity index (χ3n) is 6.63. The van der Waals surface area contributed by atoms with Gasteiger partial charge in [-0.05, 0) is 74.8 Å². The molecule has 1 aromatic heterocycles. The number of hydrogen-bond donors (Lipinski definition) is 3. The molecule has 7 heteroatoms. The zero-order valence-electron chi connectivity index (χ0n) is 29.5. The number of aliphatic hydroxyl groups excluding tert-OH is 2. The maximum Gasteiger partial charge on any atom is 0.224 e. The van der Waals surface area contributed by atoms with Gasteiger partial charge in [0, 0.05) is 33.0 Å². The Morgan fingerprint density at radius 3 is 2.20 bits per heavy atom. The van der Waals surface area contributed by atoms with Crippen molar-refractivity contribution in [2.75, 3.05) is 43.6 Å². The summed E-state index contributed by atoms with van der Waals surface area (Å²) in [5.41, 5.74) is 2.92. The van der Waals surface area contributed by atoms with Crippen LogP contribution < -0.4 is 10.2 Å². The van der Waals surface area contributed by atoms with E-state index < -0.39 is 0 Å². The zero-order valence-corrected chi connectivity index (χ0v) is 29.5. The van der Waals surface area contributed by atoms with E-state index in [9.17, 15) is 9.90 Å². The smallest absolute Gasteiger partial charge is 0.224 e. The highest BCUT2D eigenvalue weighted by molar-refractivity contribution is 5.90. The molecule has 0 bridgehead atoms. The van der Waals surface area contributed by atoms with Gasteiger partial charge in [0.25, 0.3) is 0 Å². The van der Waals surface area contributed by atoms with E-state index in [0.717, 1.165) is 75.1 Å². The number of hydrogen-bond acceptors (Lipinski definition) is 6. The number of pyridine rings is 1. The molecule has 3 N–H and O–H groups in total. The molecule has 258 valence electrons. The monoisotopic (exact) mass is 637 g/mol. The van der Waals surface area contributed by atoms with Crippen LogP contribution in [-0.4, -0.2) is 54.5 Å². The number of aromatic nitrogens is 1. The van der Waals surface area contributed by atoms with Gasteiger partial charge in [-0.15, -0.1) is 39.5 Å². The van der Waals surface area contributed by atoms with Gasteiger partial charge >= 0.3 is 0 Å². The van der Waals surface area contributed by atoms with Crippen molar-refractivity contribution in [3.05, 3.63) is 117 Å². The molecule has 0 atom stereocenters. The molecule has 0 radical (unpaired) electrons. The van der Waals surface area contributed by atoms with Crippen LogP contribution in [0.1, 0.15) is 72.6 Å². The first-order chi connectivity index (χ1) is 22.5. The molecule has 2 rings (SSSR count). The molecule has 1 fully saturated rings. The second-order valence-corrected chi connectivity index (χ2v) is 9.64. The fraction of sp³-hybridized carbons (Fsp3) is 0.436. The van der Waals surface area contributed by atoms with Gasteiger partial charge in [-0.25, -0.2) is 4.98 Å². The van der Waals surface area contributed by atoms with Crippen molar-refractivity contribution in [2.24, 2.45) is 5.92 Å². The summed E-state index contributed by atoms with van der Waals surface area (Å²) in [4.78, 5) is 19.2. The first-order valence-electron chi connectivity index (χ1n) is 16.1. The van der Waals surface area contributed by atoms with Crippen molar-refractivity contribution in [3.8, 4) is 0 Å². The van der Waals surface area contributed by atoms with Gasteiger partial charge < -0.3 is 25.2 Å². The van der Waals surface area contributed by atoms with E-state index >= 15 is 0 Å². The van der Waals surface area contributed by atoms with Crippen molar-refractivity contribution < 1.29 is 19.7 Å². The van der Waals surface area contributed by atoms with Crippen molar-refractivity contribution in [2.45, 2.75) is 72.6 Å². The van der Waals surface area contributed by atoms with E-state index in [-0.39, 0.29) is 12.5 Å². The van der Waals surface area contributed by atoms with Gasteiger partial charge in [0.05, 0.1) is 30.9 Å². The van der Waals surface area contributed by atoms with Gasteiger partial charge in [0.2, 0.25) is 5.91 Å². The number of nitrogens with one attached hydrogen (secondary N) is 1. The quantitative estimate of drug-likeness (QED) is 0.101. The summed E-state index contributed by atoms with van der Waals surface area (Å²) in [5.74, 6) is 2.37. The minimum Gasteiger partial charge on any atom is -0.498 e. The van der Waals surface area contributed by atoms with Crippen LogP contribution in [0.25, 0.3) is 0 Å². The predicted molar refractivity (Wildman–Crippen MR) is 201 cm³/mol. The van der Waals surface area contributed by atoms with E-state index in [2.05, 4.69) is 86.7 Å². The summed E-state index contributed by atoms with van der Waals surface area (Å²) >= 11 is 0. The summed E-state index contributed by atoms with van der Waals surface area (Å²) in [6.07, 6.45) is 22.2. The molecule has 0 aliphatic carbocycles. The number of rotatable bonds is 15. The minimum atomic E-state index is -0.00253. The van der Waals surface area contributed by atoms with Crippen molar-refractivity contribution >= 4 is 17.4 Å². The molecular weight excluding hydrogens is 574 g/mol. The van der Waals surface area contributed by atoms with Crippen LogP contribution in [0, 0.1) is 5.92 Å². The summed E-state index contributed by atoms with van der Waals surface area (Å²) in [6, 6.07) is 3.92. The lowest BCUT2D eigenvalue weighted by Gasteiger charge is -2.33. The van der Waals surface area contributed by atoms with Crippen LogP contribution in [0.15, 0.2) is 117 Å². The SMILES string of the molecule is C=C.C=C.C=C.CO.C\C=C/C(=C/C=C\CCC(=O)Nc1ccc(N2CCC(CO/C(=C/C(=C\C)CO)CC)CC2)nc1)CCC.